The molecule has 1 aliphatic rings. The van der Waals surface area contributed by atoms with Crippen LogP contribution in [0.25, 0.3) is 10.9 Å². The number of amides is 1. The first-order valence-electron chi connectivity index (χ1n) is 12.8. The molecule has 0 saturated carbocycles. The van der Waals surface area contributed by atoms with Gasteiger partial charge in [0.15, 0.2) is 9.84 Å². The van der Waals surface area contributed by atoms with Gasteiger partial charge in [0.05, 0.1) is 38.7 Å². The normalized spacial score (nSPS) is 16.6. The number of fused-ring (bicyclic) bond motifs is 1. The topological polar surface area (TPSA) is 133 Å². The van der Waals surface area contributed by atoms with Crippen LogP contribution in [0.2, 0.25) is 10.0 Å². The van der Waals surface area contributed by atoms with E-state index in [1.54, 1.807) is 4.90 Å². The number of carboxylic acid groups (broad SMARTS) is 1. The maximum atomic E-state index is 14.3. The molecule has 3 aromatic rings. The maximum absolute atomic E-state index is 14.3. The van der Waals surface area contributed by atoms with Gasteiger partial charge in [-0.3, -0.25) is 14.3 Å². The van der Waals surface area contributed by atoms with Crippen molar-refractivity contribution in [2.75, 3.05) is 25.9 Å². The van der Waals surface area contributed by atoms with Gasteiger partial charge >= 0.3 is 18.0 Å². The Morgan fingerprint density at radius 3 is 2.50 bits per heavy atom. The Morgan fingerprint density at radius 2 is 1.88 bits per heavy atom. The molecule has 1 aliphatic heterocycles. The van der Waals surface area contributed by atoms with E-state index in [-0.39, 0.29) is 45.4 Å². The Hall–Kier alpha value is -3.07. The number of carbonyl (C=O) groups is 1. The van der Waals surface area contributed by atoms with Crippen LogP contribution < -0.4 is 11.2 Å². The van der Waals surface area contributed by atoms with Crippen molar-refractivity contribution in [2.24, 2.45) is 0 Å². The number of nitrogens with zero attached hydrogens (tertiary/aromatic N) is 3. The van der Waals surface area contributed by atoms with E-state index in [1.807, 2.05) is 0 Å². The number of rotatable bonds is 7. The third-order valence-electron chi connectivity index (χ3n) is 7.40. The summed E-state index contributed by atoms with van der Waals surface area (Å²) in [6, 6.07) is 4.02. The van der Waals surface area contributed by atoms with Gasteiger partial charge in [-0.25, -0.2) is 18.0 Å². The van der Waals surface area contributed by atoms with Crippen molar-refractivity contribution in [1.29, 1.82) is 0 Å². The van der Waals surface area contributed by atoms with E-state index in [0.717, 1.165) is 4.90 Å². The predicted molar refractivity (Wildman–Crippen MR) is 151 cm³/mol. The molecule has 1 saturated heterocycles. The highest BCUT2D eigenvalue weighted by Gasteiger charge is 2.37. The van der Waals surface area contributed by atoms with E-state index in [4.69, 9.17) is 23.2 Å². The molecular weight excluding hydrogens is 624 g/mol. The molecule has 0 aliphatic carbocycles. The summed E-state index contributed by atoms with van der Waals surface area (Å²) < 4.78 is 68.8. The van der Waals surface area contributed by atoms with Crippen molar-refractivity contribution in [1.82, 2.24) is 19.4 Å². The molecule has 0 bridgehead atoms. The lowest BCUT2D eigenvalue weighted by atomic mass is 10.00. The number of piperidine rings is 1. The van der Waals surface area contributed by atoms with Crippen molar-refractivity contribution >= 4 is 50.0 Å². The highest BCUT2D eigenvalue weighted by atomic mass is 35.5. The molecule has 1 fully saturated rings. The Labute approximate surface area is 248 Å². The van der Waals surface area contributed by atoms with Crippen LogP contribution in [0.1, 0.15) is 36.5 Å². The summed E-state index contributed by atoms with van der Waals surface area (Å²) in [4.78, 5) is 42.9. The smallest absolute Gasteiger partial charge is 0.416 e. The van der Waals surface area contributed by atoms with E-state index in [0.29, 0.717) is 30.0 Å². The number of nitrogens with one attached hydrogen (secondary N) is 1. The number of H-pyrrole nitrogens is 1. The molecule has 10 nitrogen and oxygen atoms in total. The number of aromatic nitrogens is 2. The lowest BCUT2D eigenvalue weighted by molar-refractivity contribution is -0.138. The molecule has 16 heteroatoms. The van der Waals surface area contributed by atoms with Gasteiger partial charge < -0.3 is 15.0 Å². The molecular formula is C26H27Cl2F3N4O6S. The van der Waals surface area contributed by atoms with Gasteiger partial charge in [0.1, 0.15) is 0 Å². The summed E-state index contributed by atoms with van der Waals surface area (Å²) in [5, 5.41) is 8.46. The number of halogens is 5. The van der Waals surface area contributed by atoms with Crippen molar-refractivity contribution in [3.05, 3.63) is 71.8 Å². The maximum Gasteiger partial charge on any atom is 0.416 e. The molecule has 4 rings (SSSR count). The molecule has 0 unspecified atom stereocenters. The number of benzene rings is 2. The molecule has 1 aromatic heterocycles. The van der Waals surface area contributed by atoms with E-state index < -0.39 is 61.9 Å². The summed E-state index contributed by atoms with van der Waals surface area (Å²) in [5.74, 6) is -0.276. The zero-order chi connectivity index (χ0) is 31.1. The quantitative estimate of drug-likeness (QED) is 0.386. The fourth-order valence-corrected chi connectivity index (χ4v) is 6.73. The molecule has 2 heterocycles. The van der Waals surface area contributed by atoms with E-state index in [9.17, 15) is 41.1 Å². The second-order valence-corrected chi connectivity index (χ2v) is 13.1. The van der Waals surface area contributed by atoms with Crippen molar-refractivity contribution in [3.63, 3.8) is 0 Å². The van der Waals surface area contributed by atoms with Gasteiger partial charge in [-0.1, -0.05) is 30.1 Å². The standard InChI is InChI=1S/C26H27Cl2F3N4O6S/c1-3-42(40,41)20-7-6-15(27)9-14(20)11-35-23(36)17-10-19(26(29,30)31)18(21(28)22(17)32-24(35)37)13-34-8-4-5-16(12-34)33(2)25(38)39/h6-7,9-10,16H,3-5,8,11-13H2,1-2H3,(H,32,37)(H,38,39)/t16-/m0/s1. The third-order valence-corrected chi connectivity index (χ3v) is 9.88. The minimum atomic E-state index is -4.93. The van der Waals surface area contributed by atoms with Crippen LogP contribution in [0.3, 0.4) is 0 Å². The fourth-order valence-electron chi connectivity index (χ4n) is 5.12. The number of alkyl halides is 3. The molecule has 228 valence electrons. The van der Waals surface area contributed by atoms with Gasteiger partial charge in [-0.2, -0.15) is 13.2 Å². The molecule has 2 N–H and O–H groups in total. The first kappa shape index (κ1) is 31.9. The molecule has 0 spiro atoms. The van der Waals surface area contributed by atoms with Crippen LogP contribution in [0.15, 0.2) is 38.8 Å². The highest BCUT2D eigenvalue weighted by Crippen LogP contribution is 2.39. The van der Waals surface area contributed by atoms with Crippen LogP contribution in [-0.2, 0) is 29.1 Å². The summed E-state index contributed by atoms with van der Waals surface area (Å²) in [6.45, 7) is 1.08. The van der Waals surface area contributed by atoms with Crippen molar-refractivity contribution in [2.45, 2.75) is 50.0 Å². The number of aromatic amines is 1. The Kier molecular flexibility index (Phi) is 9.03. The number of sulfone groups is 1. The molecule has 1 atom stereocenters. The summed E-state index contributed by atoms with van der Waals surface area (Å²) in [7, 11) is -2.41. The van der Waals surface area contributed by atoms with Crippen LogP contribution in [0.4, 0.5) is 18.0 Å². The number of likely N-dealkylation sites (N-methyl/N-ethyl adjacent to an activating group) is 1. The number of likely N-dealkylation sites (tertiary alicyclic amines) is 1. The second kappa shape index (κ2) is 11.9. The van der Waals surface area contributed by atoms with Crippen molar-refractivity contribution in [3.8, 4) is 0 Å². The van der Waals surface area contributed by atoms with Gasteiger partial charge in [0.25, 0.3) is 5.56 Å². The van der Waals surface area contributed by atoms with Gasteiger partial charge in [0.2, 0.25) is 0 Å². The average molecular weight is 651 g/mol. The molecule has 2 aromatic carbocycles. The van der Waals surface area contributed by atoms with Crippen LogP contribution in [-0.4, -0.2) is 70.9 Å². The van der Waals surface area contributed by atoms with E-state index >= 15 is 0 Å². The van der Waals surface area contributed by atoms with Gasteiger partial charge in [-0.15, -0.1) is 0 Å². The minimum Gasteiger partial charge on any atom is -0.465 e. The van der Waals surface area contributed by atoms with Crippen LogP contribution in [0.5, 0.6) is 0 Å². The highest BCUT2D eigenvalue weighted by molar-refractivity contribution is 7.91. The zero-order valence-electron chi connectivity index (χ0n) is 22.5. The van der Waals surface area contributed by atoms with Gasteiger partial charge in [0, 0.05) is 31.2 Å². The Bertz CT molecular complexity index is 1770. The Balaban J connectivity index is 1.83. The second-order valence-electron chi connectivity index (χ2n) is 10.0. The van der Waals surface area contributed by atoms with E-state index in [1.165, 1.54) is 32.2 Å². The predicted octanol–water partition coefficient (Wildman–Crippen LogP) is 4.43. The molecule has 42 heavy (non-hydrogen) atoms. The summed E-state index contributed by atoms with van der Waals surface area (Å²) >= 11 is 12.5. The first-order chi connectivity index (χ1) is 19.5. The van der Waals surface area contributed by atoms with Crippen LogP contribution in [0, 0.1) is 0 Å². The fraction of sp³-hybridized carbons (Fsp3) is 0.423. The van der Waals surface area contributed by atoms with Gasteiger partial charge in [-0.05, 0) is 54.8 Å². The van der Waals surface area contributed by atoms with Crippen molar-refractivity contribution < 1.29 is 31.5 Å². The number of hydrogen-bond donors (Lipinski definition) is 2. The lowest BCUT2D eigenvalue weighted by Crippen LogP contribution is -2.48. The summed E-state index contributed by atoms with van der Waals surface area (Å²) in [6.07, 6.45) is -5.01. The monoisotopic (exact) mass is 650 g/mol. The molecule has 0 radical (unpaired) electrons. The lowest BCUT2D eigenvalue weighted by Gasteiger charge is -2.37. The van der Waals surface area contributed by atoms with E-state index in [2.05, 4.69) is 4.98 Å². The number of hydrogen-bond acceptors (Lipinski definition) is 6. The first-order valence-corrected chi connectivity index (χ1v) is 15.2. The average Bonchev–Trinajstić information content (AvgIpc) is 2.91. The third kappa shape index (κ3) is 6.31. The summed E-state index contributed by atoms with van der Waals surface area (Å²) in [5.41, 5.74) is -3.94. The SMILES string of the molecule is CCS(=O)(=O)c1ccc(Cl)cc1Cn1c(=O)[nH]c2c(Cl)c(CN3CCC[C@H](N(C)C(=O)O)C3)c(C(F)(F)F)cc2c1=O. The molecule has 1 amide bonds. The largest absolute Gasteiger partial charge is 0.465 e. The Morgan fingerprint density at radius 1 is 1.19 bits per heavy atom. The zero-order valence-corrected chi connectivity index (χ0v) is 24.8. The minimum absolute atomic E-state index is 0.0149. The van der Waals surface area contributed by atoms with Crippen LogP contribution >= 0.6 is 23.2 Å².